The Morgan fingerprint density at radius 2 is 2.00 bits per heavy atom. The summed E-state index contributed by atoms with van der Waals surface area (Å²) in [7, 11) is -3.77. The van der Waals surface area contributed by atoms with E-state index in [1.165, 1.54) is 12.1 Å². The van der Waals surface area contributed by atoms with E-state index in [-0.39, 0.29) is 17.1 Å². The number of aromatic nitrogens is 1. The molecule has 0 saturated heterocycles. The smallest absolute Gasteiger partial charge is 0.387 e. The van der Waals surface area contributed by atoms with Crippen LogP contribution in [0, 0.1) is 6.92 Å². The van der Waals surface area contributed by atoms with E-state index in [1.54, 1.807) is 37.3 Å². The molecule has 0 saturated carbocycles. The van der Waals surface area contributed by atoms with E-state index in [0.717, 1.165) is 5.56 Å². The number of benzene rings is 2. The molecule has 9 heteroatoms. The van der Waals surface area contributed by atoms with Crippen molar-refractivity contribution in [1.29, 1.82) is 0 Å². The van der Waals surface area contributed by atoms with Gasteiger partial charge in [0.1, 0.15) is 11.3 Å². The van der Waals surface area contributed by atoms with E-state index < -0.39 is 16.6 Å². The maximum Gasteiger partial charge on any atom is 0.387 e. The van der Waals surface area contributed by atoms with Gasteiger partial charge in [0, 0.05) is 13.0 Å². The second-order valence-electron chi connectivity index (χ2n) is 6.37. The van der Waals surface area contributed by atoms with Crippen LogP contribution in [0.25, 0.3) is 17.2 Å². The number of hydrogen-bond acceptors (Lipinski definition) is 5. The van der Waals surface area contributed by atoms with Crippen LogP contribution in [0.3, 0.4) is 0 Å². The number of alkyl halides is 2. The topological polar surface area (TPSA) is 81.4 Å². The molecule has 1 N–H and O–H groups in total. The van der Waals surface area contributed by atoms with E-state index in [4.69, 9.17) is 4.42 Å². The van der Waals surface area contributed by atoms with Gasteiger partial charge in [0.05, 0.1) is 10.6 Å². The molecular formula is C19H16F2N2O4S. The second-order valence-corrected chi connectivity index (χ2v) is 8.11. The van der Waals surface area contributed by atoms with Crippen molar-refractivity contribution >= 4 is 32.9 Å². The number of rotatable bonds is 5. The third-order valence-corrected chi connectivity index (χ3v) is 5.91. The quantitative estimate of drug-likeness (QED) is 0.676. The van der Waals surface area contributed by atoms with Gasteiger partial charge in [-0.25, -0.2) is 13.4 Å². The van der Waals surface area contributed by atoms with Crippen LogP contribution in [0.1, 0.15) is 23.4 Å². The minimum absolute atomic E-state index is 0.0576. The maximum absolute atomic E-state index is 12.8. The van der Waals surface area contributed by atoms with Gasteiger partial charge in [0.15, 0.2) is 11.5 Å². The Morgan fingerprint density at radius 1 is 1.18 bits per heavy atom. The summed E-state index contributed by atoms with van der Waals surface area (Å²) in [6, 6.07) is 9.36. The molecule has 1 aliphatic carbocycles. The molecule has 2 aromatic carbocycles. The second kappa shape index (κ2) is 6.90. The van der Waals surface area contributed by atoms with E-state index in [2.05, 4.69) is 14.4 Å². The van der Waals surface area contributed by atoms with Gasteiger partial charge in [-0.2, -0.15) is 8.78 Å². The number of fused-ring (bicyclic) bond motifs is 2. The molecule has 0 fully saturated rings. The Morgan fingerprint density at radius 3 is 2.79 bits per heavy atom. The van der Waals surface area contributed by atoms with Crippen LogP contribution in [0.15, 0.2) is 45.7 Å². The molecule has 0 amide bonds. The molecular weight excluding hydrogens is 390 g/mol. The molecule has 6 nitrogen and oxygen atoms in total. The Kier molecular flexibility index (Phi) is 4.54. The van der Waals surface area contributed by atoms with Crippen LogP contribution in [-0.4, -0.2) is 20.0 Å². The molecule has 1 aromatic heterocycles. The van der Waals surface area contributed by atoms with Gasteiger partial charge in [0.2, 0.25) is 0 Å². The van der Waals surface area contributed by atoms with E-state index in [1.807, 2.05) is 0 Å². The lowest BCUT2D eigenvalue weighted by Crippen LogP contribution is -2.17. The number of sulfonamides is 1. The Balaban J connectivity index is 1.59. The van der Waals surface area contributed by atoms with Gasteiger partial charge in [-0.05, 0) is 54.3 Å². The first-order valence-electron chi connectivity index (χ1n) is 8.48. The number of ether oxygens (including phenoxy) is 1. The lowest BCUT2D eigenvalue weighted by Gasteiger charge is -2.18. The predicted octanol–water partition coefficient (Wildman–Crippen LogP) is 4.47. The van der Waals surface area contributed by atoms with E-state index in [9.17, 15) is 17.2 Å². The molecule has 28 heavy (non-hydrogen) atoms. The third kappa shape index (κ3) is 3.70. The number of hydrogen-bond donors (Lipinski definition) is 1. The molecule has 0 unspecified atom stereocenters. The summed E-state index contributed by atoms with van der Waals surface area (Å²) in [5.41, 5.74) is 2.93. The number of nitrogens with one attached hydrogen (secondary N) is 1. The number of aryl methyl sites for hydroxylation is 2. The van der Waals surface area contributed by atoms with Crippen LogP contribution in [0.5, 0.6) is 5.75 Å². The van der Waals surface area contributed by atoms with Crippen LogP contribution in [0.2, 0.25) is 0 Å². The van der Waals surface area contributed by atoms with Gasteiger partial charge in [-0.15, -0.1) is 0 Å². The Bertz CT molecular complexity index is 1190. The molecule has 0 atom stereocenters. The van der Waals surface area contributed by atoms with Crippen LogP contribution < -0.4 is 9.46 Å². The summed E-state index contributed by atoms with van der Waals surface area (Å²) in [6.07, 6.45) is 2.21. The monoisotopic (exact) mass is 406 g/mol. The van der Waals surface area contributed by atoms with Gasteiger partial charge < -0.3 is 9.15 Å². The highest BCUT2D eigenvalue weighted by Gasteiger charge is 2.23. The van der Waals surface area contributed by atoms with E-state index in [0.29, 0.717) is 34.7 Å². The molecule has 1 heterocycles. The Labute approximate surface area is 159 Å². The van der Waals surface area contributed by atoms with Crippen molar-refractivity contribution in [2.24, 2.45) is 0 Å². The largest absolute Gasteiger partial charge is 0.441 e. The molecule has 3 aromatic rings. The highest BCUT2D eigenvalue weighted by molar-refractivity contribution is 7.96. The van der Waals surface area contributed by atoms with Crippen molar-refractivity contribution in [3.8, 4) is 5.75 Å². The van der Waals surface area contributed by atoms with Gasteiger partial charge in [-0.3, -0.25) is 4.72 Å². The average Bonchev–Trinajstić information content (AvgIpc) is 2.99. The van der Waals surface area contributed by atoms with Gasteiger partial charge >= 0.3 is 6.61 Å². The number of oxazole rings is 1. The number of nitrogens with zero attached hydrogens (tertiary/aromatic N) is 1. The lowest BCUT2D eigenvalue weighted by atomic mass is 9.97. The first-order chi connectivity index (χ1) is 13.3. The van der Waals surface area contributed by atoms with Crippen LogP contribution >= 0.6 is 0 Å². The first-order valence-corrected chi connectivity index (χ1v) is 9.97. The van der Waals surface area contributed by atoms with Crippen LogP contribution in [-0.2, 0) is 16.4 Å². The molecule has 0 aliphatic heterocycles. The SMILES string of the molecule is Cc1nc2ccc(NS(=O)(=O)C3=Cc4ccc(OC(F)F)cc4CC3)cc2o1. The molecule has 4 rings (SSSR count). The predicted molar refractivity (Wildman–Crippen MR) is 101 cm³/mol. The highest BCUT2D eigenvalue weighted by atomic mass is 32.2. The van der Waals surface area contributed by atoms with Crippen molar-refractivity contribution in [3.05, 3.63) is 58.3 Å². The number of anilines is 1. The van der Waals surface area contributed by atoms with Gasteiger partial charge in [-0.1, -0.05) is 6.07 Å². The fraction of sp³-hybridized carbons (Fsp3) is 0.211. The summed E-state index contributed by atoms with van der Waals surface area (Å²) in [6.45, 7) is -1.19. The van der Waals surface area contributed by atoms with Gasteiger partial charge in [0.25, 0.3) is 10.0 Å². The molecule has 1 aliphatic rings. The molecule has 0 bridgehead atoms. The first kappa shape index (κ1) is 18.4. The molecule has 0 spiro atoms. The highest BCUT2D eigenvalue weighted by Crippen LogP contribution is 2.31. The van der Waals surface area contributed by atoms with Crippen molar-refractivity contribution in [2.45, 2.75) is 26.4 Å². The Hall–Kier alpha value is -2.94. The lowest BCUT2D eigenvalue weighted by molar-refractivity contribution is -0.0498. The summed E-state index contributed by atoms with van der Waals surface area (Å²) in [5.74, 6) is 0.555. The standard InChI is InChI=1S/C19H16F2N2O4S/c1-11-22-17-7-4-14(10-18(17)26-11)23-28(24,25)16-6-3-12-8-15(27-19(20)21)5-2-13(12)9-16/h2,4-5,7-10,19,23H,3,6H2,1H3. The fourth-order valence-electron chi connectivity index (χ4n) is 3.16. The average molecular weight is 406 g/mol. The summed E-state index contributed by atoms with van der Waals surface area (Å²) in [5, 5.41) is 0. The zero-order chi connectivity index (χ0) is 19.9. The van der Waals surface area contributed by atoms with Crippen molar-refractivity contribution < 1.29 is 26.4 Å². The van der Waals surface area contributed by atoms with Crippen LogP contribution in [0.4, 0.5) is 14.5 Å². The normalized spacial score (nSPS) is 14.1. The van der Waals surface area contributed by atoms with Crippen molar-refractivity contribution in [3.63, 3.8) is 0 Å². The van der Waals surface area contributed by atoms with Crippen molar-refractivity contribution in [2.75, 3.05) is 4.72 Å². The van der Waals surface area contributed by atoms with E-state index >= 15 is 0 Å². The number of allylic oxidation sites excluding steroid dienone is 1. The number of halogens is 2. The minimum Gasteiger partial charge on any atom is -0.441 e. The van der Waals surface area contributed by atoms with Crippen molar-refractivity contribution in [1.82, 2.24) is 4.98 Å². The molecule has 146 valence electrons. The molecule has 0 radical (unpaired) electrons. The summed E-state index contributed by atoms with van der Waals surface area (Å²) >= 11 is 0. The third-order valence-electron chi connectivity index (χ3n) is 4.39. The fourth-order valence-corrected chi connectivity index (χ4v) is 4.38. The summed E-state index contributed by atoms with van der Waals surface area (Å²) < 4.78 is 62.6. The zero-order valence-electron chi connectivity index (χ0n) is 14.8. The minimum atomic E-state index is -3.77. The zero-order valence-corrected chi connectivity index (χ0v) is 15.6. The maximum atomic E-state index is 12.8. The summed E-state index contributed by atoms with van der Waals surface area (Å²) in [4.78, 5) is 4.40.